The van der Waals surface area contributed by atoms with Crippen LogP contribution >= 0.6 is 0 Å². The Hall–Kier alpha value is -2.89. The number of aliphatic carboxylic acids is 1. The van der Waals surface area contributed by atoms with Crippen LogP contribution in [0.3, 0.4) is 0 Å². The fourth-order valence-electron chi connectivity index (χ4n) is 2.02. The molecule has 0 saturated heterocycles. The molecular weight excluding hydrogens is 282 g/mol. The normalized spacial score (nSPS) is 10.2. The number of ether oxygens (including phenoxy) is 1. The Morgan fingerprint density at radius 1 is 1.18 bits per heavy atom. The van der Waals surface area contributed by atoms with Crippen molar-refractivity contribution in [3.05, 3.63) is 54.1 Å². The van der Waals surface area contributed by atoms with Crippen molar-refractivity contribution < 1.29 is 14.6 Å². The molecule has 1 aromatic heterocycles. The molecule has 0 saturated carbocycles. The summed E-state index contributed by atoms with van der Waals surface area (Å²) in [5, 5.41) is 16.6. The van der Waals surface area contributed by atoms with Crippen molar-refractivity contribution in [3.8, 4) is 5.75 Å². The molecule has 114 valence electrons. The SMILES string of the molecule is C.O=C(O)Cn1nnc2ccc(OCc3ccccc3)cc21. The number of nitrogens with zero attached hydrogens (tertiary/aromatic N) is 3. The maximum atomic E-state index is 10.8. The van der Waals surface area contributed by atoms with E-state index in [1.807, 2.05) is 30.3 Å². The lowest BCUT2D eigenvalue weighted by atomic mass is 10.2. The molecule has 22 heavy (non-hydrogen) atoms. The highest BCUT2D eigenvalue weighted by Gasteiger charge is 2.09. The summed E-state index contributed by atoms with van der Waals surface area (Å²) in [6.07, 6.45) is 0. The molecule has 0 atom stereocenters. The fourth-order valence-corrected chi connectivity index (χ4v) is 2.02. The van der Waals surface area contributed by atoms with Crippen LogP contribution in [0.15, 0.2) is 48.5 Å². The summed E-state index contributed by atoms with van der Waals surface area (Å²) in [4.78, 5) is 10.8. The molecule has 6 nitrogen and oxygen atoms in total. The summed E-state index contributed by atoms with van der Waals surface area (Å²) in [5.41, 5.74) is 2.35. The van der Waals surface area contributed by atoms with E-state index in [9.17, 15) is 4.79 Å². The molecule has 0 amide bonds. The van der Waals surface area contributed by atoms with Crippen molar-refractivity contribution >= 4 is 17.0 Å². The van der Waals surface area contributed by atoms with E-state index in [4.69, 9.17) is 9.84 Å². The second-order valence-corrected chi connectivity index (χ2v) is 4.57. The van der Waals surface area contributed by atoms with Gasteiger partial charge in [-0.1, -0.05) is 43.0 Å². The molecular formula is C16H17N3O3. The van der Waals surface area contributed by atoms with Gasteiger partial charge in [0.25, 0.3) is 0 Å². The Kier molecular flexibility index (Phi) is 4.73. The highest BCUT2D eigenvalue weighted by Crippen LogP contribution is 2.20. The van der Waals surface area contributed by atoms with Crippen molar-refractivity contribution in [2.75, 3.05) is 0 Å². The first kappa shape index (κ1) is 15.5. The first-order valence-corrected chi connectivity index (χ1v) is 6.44. The van der Waals surface area contributed by atoms with E-state index in [-0.39, 0.29) is 14.0 Å². The number of rotatable bonds is 5. The maximum Gasteiger partial charge on any atom is 0.325 e. The van der Waals surface area contributed by atoms with E-state index in [1.54, 1.807) is 18.2 Å². The van der Waals surface area contributed by atoms with Gasteiger partial charge in [0, 0.05) is 6.07 Å². The molecule has 0 unspecified atom stereocenters. The Balaban J connectivity index is 0.00000176. The van der Waals surface area contributed by atoms with Gasteiger partial charge < -0.3 is 9.84 Å². The van der Waals surface area contributed by atoms with Gasteiger partial charge in [0.05, 0.1) is 5.52 Å². The Morgan fingerprint density at radius 2 is 1.95 bits per heavy atom. The first-order valence-electron chi connectivity index (χ1n) is 6.44. The van der Waals surface area contributed by atoms with Crippen molar-refractivity contribution in [1.82, 2.24) is 15.0 Å². The van der Waals surface area contributed by atoms with Crippen LogP contribution in [-0.4, -0.2) is 26.1 Å². The number of hydrogen-bond donors (Lipinski definition) is 1. The van der Waals surface area contributed by atoms with Crippen LogP contribution in [-0.2, 0) is 17.9 Å². The third kappa shape index (κ3) is 3.41. The lowest BCUT2D eigenvalue weighted by Gasteiger charge is -2.06. The molecule has 0 bridgehead atoms. The largest absolute Gasteiger partial charge is 0.489 e. The third-order valence-corrected chi connectivity index (χ3v) is 3.02. The zero-order valence-corrected chi connectivity index (χ0v) is 11.1. The summed E-state index contributed by atoms with van der Waals surface area (Å²) in [7, 11) is 0. The Morgan fingerprint density at radius 3 is 2.68 bits per heavy atom. The number of carboxylic acid groups (broad SMARTS) is 1. The number of aromatic nitrogens is 3. The first-order chi connectivity index (χ1) is 10.2. The minimum atomic E-state index is -0.961. The van der Waals surface area contributed by atoms with E-state index in [1.165, 1.54) is 4.68 Å². The molecule has 3 aromatic rings. The van der Waals surface area contributed by atoms with Crippen molar-refractivity contribution in [2.24, 2.45) is 0 Å². The molecule has 1 N–H and O–H groups in total. The number of fused-ring (bicyclic) bond motifs is 1. The predicted octanol–water partition coefficient (Wildman–Crippen LogP) is 2.73. The maximum absolute atomic E-state index is 10.8. The lowest BCUT2D eigenvalue weighted by Crippen LogP contribution is -2.10. The number of hydrogen-bond acceptors (Lipinski definition) is 4. The minimum absolute atomic E-state index is 0. The van der Waals surface area contributed by atoms with Crippen molar-refractivity contribution in [3.63, 3.8) is 0 Å². The van der Waals surface area contributed by atoms with Crippen LogP contribution in [0.5, 0.6) is 5.75 Å². The van der Waals surface area contributed by atoms with Gasteiger partial charge >= 0.3 is 5.97 Å². The topological polar surface area (TPSA) is 77.2 Å². The number of benzene rings is 2. The van der Waals surface area contributed by atoms with Gasteiger partial charge in [-0.3, -0.25) is 4.79 Å². The van der Waals surface area contributed by atoms with E-state index >= 15 is 0 Å². The molecule has 1 heterocycles. The second-order valence-electron chi connectivity index (χ2n) is 4.57. The van der Waals surface area contributed by atoms with Gasteiger partial charge in [-0.25, -0.2) is 4.68 Å². The molecule has 0 aliphatic rings. The van der Waals surface area contributed by atoms with Gasteiger partial charge in [0.1, 0.15) is 24.4 Å². The van der Waals surface area contributed by atoms with Gasteiger partial charge in [-0.2, -0.15) is 0 Å². The van der Waals surface area contributed by atoms with Gasteiger partial charge in [0.15, 0.2) is 0 Å². The van der Waals surface area contributed by atoms with E-state index in [0.29, 0.717) is 23.4 Å². The standard InChI is InChI=1S/C15H13N3O3.CH4/c19-15(20)9-18-14-8-12(6-7-13(14)16-17-18)21-10-11-4-2-1-3-5-11;/h1-8H,9-10H2,(H,19,20);1H4. The molecule has 6 heteroatoms. The van der Waals surface area contributed by atoms with Crippen LogP contribution in [0.1, 0.15) is 13.0 Å². The minimum Gasteiger partial charge on any atom is -0.489 e. The predicted molar refractivity (Wildman–Crippen MR) is 82.7 cm³/mol. The number of carbonyl (C=O) groups is 1. The van der Waals surface area contributed by atoms with Crippen LogP contribution in [0, 0.1) is 0 Å². The summed E-state index contributed by atoms with van der Waals surface area (Å²) in [6.45, 7) is 0.228. The highest BCUT2D eigenvalue weighted by atomic mass is 16.5. The van der Waals surface area contributed by atoms with Crippen LogP contribution in [0.4, 0.5) is 0 Å². The van der Waals surface area contributed by atoms with E-state index in [2.05, 4.69) is 10.3 Å². The summed E-state index contributed by atoms with van der Waals surface area (Å²) < 4.78 is 7.05. The summed E-state index contributed by atoms with van der Waals surface area (Å²) >= 11 is 0. The lowest BCUT2D eigenvalue weighted by molar-refractivity contribution is -0.137. The van der Waals surface area contributed by atoms with Gasteiger partial charge in [0.2, 0.25) is 0 Å². The van der Waals surface area contributed by atoms with Gasteiger partial charge in [-0.05, 0) is 17.7 Å². The van der Waals surface area contributed by atoms with Gasteiger partial charge in [-0.15, -0.1) is 5.10 Å². The van der Waals surface area contributed by atoms with Crippen LogP contribution in [0.25, 0.3) is 11.0 Å². The van der Waals surface area contributed by atoms with Crippen molar-refractivity contribution in [2.45, 2.75) is 20.6 Å². The molecule has 0 spiro atoms. The van der Waals surface area contributed by atoms with Crippen molar-refractivity contribution in [1.29, 1.82) is 0 Å². The smallest absolute Gasteiger partial charge is 0.325 e. The average Bonchev–Trinajstić information content (AvgIpc) is 2.88. The summed E-state index contributed by atoms with van der Waals surface area (Å²) in [5.74, 6) is -0.308. The molecule has 0 aliphatic heterocycles. The molecule has 0 radical (unpaired) electrons. The van der Waals surface area contributed by atoms with Crippen LogP contribution in [0.2, 0.25) is 0 Å². The Bertz CT molecular complexity index is 769. The quantitative estimate of drug-likeness (QED) is 0.783. The second kappa shape index (κ2) is 6.71. The highest BCUT2D eigenvalue weighted by molar-refractivity contribution is 5.78. The molecule has 2 aromatic carbocycles. The fraction of sp³-hybridized carbons (Fsp3) is 0.188. The number of carboxylic acids is 1. The summed E-state index contributed by atoms with van der Waals surface area (Å²) in [6, 6.07) is 15.1. The zero-order valence-electron chi connectivity index (χ0n) is 11.1. The van der Waals surface area contributed by atoms with E-state index < -0.39 is 5.97 Å². The van der Waals surface area contributed by atoms with Crippen LogP contribution < -0.4 is 4.74 Å². The zero-order chi connectivity index (χ0) is 14.7. The third-order valence-electron chi connectivity index (χ3n) is 3.02. The Labute approximate surface area is 128 Å². The average molecular weight is 299 g/mol. The monoisotopic (exact) mass is 299 g/mol. The molecule has 0 fully saturated rings. The van der Waals surface area contributed by atoms with E-state index in [0.717, 1.165) is 5.56 Å². The molecule has 0 aliphatic carbocycles. The molecule has 3 rings (SSSR count).